The van der Waals surface area contributed by atoms with Crippen LogP contribution < -0.4 is 0 Å². The van der Waals surface area contributed by atoms with E-state index in [0.29, 0.717) is 6.54 Å². The van der Waals surface area contributed by atoms with Gasteiger partial charge in [-0.2, -0.15) is 5.10 Å². The minimum absolute atomic E-state index is 0.0745. The van der Waals surface area contributed by atoms with Gasteiger partial charge in [0.15, 0.2) is 6.10 Å². The number of hydrogen-bond donors (Lipinski definition) is 0. The second-order valence-corrected chi connectivity index (χ2v) is 7.80. The monoisotopic (exact) mass is 398 g/mol. The average molecular weight is 399 g/mol. The van der Waals surface area contributed by atoms with Crippen molar-refractivity contribution in [2.75, 3.05) is 27.2 Å². The summed E-state index contributed by atoms with van der Waals surface area (Å²) in [6.07, 6.45) is 0.0817. The van der Waals surface area contributed by atoms with Gasteiger partial charge in [-0.3, -0.25) is 14.3 Å². The van der Waals surface area contributed by atoms with Gasteiger partial charge in [-0.15, -0.1) is 0 Å². The summed E-state index contributed by atoms with van der Waals surface area (Å²) in [5, 5.41) is 4.47. The zero-order chi connectivity index (χ0) is 21.1. The molecule has 1 aromatic heterocycles. The summed E-state index contributed by atoms with van der Waals surface area (Å²) in [5.41, 5.74) is 4.09. The third-order valence-corrected chi connectivity index (χ3v) is 5.58. The molecule has 1 aliphatic rings. The van der Waals surface area contributed by atoms with Crippen LogP contribution in [0.5, 0.6) is 0 Å². The third kappa shape index (κ3) is 4.50. The van der Waals surface area contributed by atoms with Crippen molar-refractivity contribution in [1.29, 1.82) is 0 Å². The van der Waals surface area contributed by atoms with Crippen molar-refractivity contribution in [2.24, 2.45) is 0 Å². The van der Waals surface area contributed by atoms with Crippen molar-refractivity contribution < 1.29 is 14.3 Å². The maximum Gasteiger partial charge on any atom is 0.253 e. The fraction of sp³-hybridized carbons (Fsp3) is 0.500. The molecule has 3 rings (SSSR count). The molecule has 1 saturated heterocycles. The van der Waals surface area contributed by atoms with Crippen molar-refractivity contribution in [2.45, 2.75) is 45.9 Å². The number of amides is 2. The molecule has 1 fully saturated rings. The summed E-state index contributed by atoms with van der Waals surface area (Å²) in [6, 6.07) is 9.44. The maximum absolute atomic E-state index is 13.2. The van der Waals surface area contributed by atoms with E-state index in [1.807, 2.05) is 55.8 Å². The Hall–Kier alpha value is -2.67. The van der Waals surface area contributed by atoms with E-state index in [4.69, 9.17) is 4.74 Å². The number of morpholine rings is 1. The first-order chi connectivity index (χ1) is 13.8. The van der Waals surface area contributed by atoms with Crippen LogP contribution in [-0.4, -0.2) is 64.7 Å². The molecule has 0 N–H and O–H groups in total. The molecule has 2 atom stereocenters. The van der Waals surface area contributed by atoms with E-state index < -0.39 is 12.1 Å². The predicted molar refractivity (Wildman–Crippen MR) is 110 cm³/mol. The molecule has 156 valence electrons. The van der Waals surface area contributed by atoms with Crippen LogP contribution in [0, 0.1) is 20.8 Å². The molecule has 1 aromatic carbocycles. The summed E-state index contributed by atoms with van der Waals surface area (Å²) < 4.78 is 7.72. The van der Waals surface area contributed by atoms with E-state index in [1.165, 1.54) is 0 Å². The number of aryl methyl sites for hydroxylation is 4. The molecule has 1 aliphatic heterocycles. The number of aromatic nitrogens is 2. The summed E-state index contributed by atoms with van der Waals surface area (Å²) in [5.74, 6) is -0.222. The largest absolute Gasteiger partial charge is 0.356 e. The van der Waals surface area contributed by atoms with Gasteiger partial charge in [-0.05, 0) is 44.4 Å². The van der Waals surface area contributed by atoms with Gasteiger partial charge in [-0.1, -0.05) is 24.3 Å². The zero-order valence-electron chi connectivity index (χ0n) is 17.9. The standard InChI is InChI=1S/C22H30N4O3/c1-15-9-6-7-10-18(15)20-21(29-14-19(27)25(20)5)22(28)24(4)11-8-12-26-17(3)13-16(2)23-26/h6-7,9-10,13,20-21H,8,11-12,14H2,1-5H3/t20-,21+/m1/s1. The van der Waals surface area contributed by atoms with Crippen LogP contribution in [0.25, 0.3) is 0 Å². The fourth-order valence-corrected chi connectivity index (χ4v) is 3.90. The van der Waals surface area contributed by atoms with Gasteiger partial charge >= 0.3 is 0 Å². The Morgan fingerprint density at radius 1 is 1.28 bits per heavy atom. The Morgan fingerprint density at radius 2 is 2.00 bits per heavy atom. The highest BCUT2D eigenvalue weighted by molar-refractivity contribution is 5.86. The molecule has 2 heterocycles. The van der Waals surface area contributed by atoms with Crippen molar-refractivity contribution in [3.63, 3.8) is 0 Å². The lowest BCUT2D eigenvalue weighted by Crippen LogP contribution is -2.53. The second-order valence-electron chi connectivity index (χ2n) is 7.80. The van der Waals surface area contributed by atoms with Crippen LogP contribution in [0.1, 0.15) is 35.0 Å². The first kappa shape index (κ1) is 21.0. The smallest absolute Gasteiger partial charge is 0.253 e. The van der Waals surface area contributed by atoms with Gasteiger partial charge in [0.2, 0.25) is 5.91 Å². The van der Waals surface area contributed by atoms with Gasteiger partial charge in [0.05, 0.1) is 11.7 Å². The third-order valence-electron chi connectivity index (χ3n) is 5.58. The van der Waals surface area contributed by atoms with Gasteiger partial charge in [0.25, 0.3) is 5.91 Å². The minimum Gasteiger partial charge on any atom is -0.356 e. The van der Waals surface area contributed by atoms with Gasteiger partial charge in [0.1, 0.15) is 6.61 Å². The number of nitrogens with zero attached hydrogens (tertiary/aromatic N) is 4. The molecule has 0 saturated carbocycles. The van der Waals surface area contributed by atoms with Crippen LogP contribution in [0.4, 0.5) is 0 Å². The number of likely N-dealkylation sites (N-methyl/N-ethyl adjacent to an activating group) is 2. The average Bonchev–Trinajstić information content (AvgIpc) is 3.01. The molecule has 7 nitrogen and oxygen atoms in total. The first-order valence-electron chi connectivity index (χ1n) is 9.98. The summed E-state index contributed by atoms with van der Waals surface area (Å²) in [6.45, 7) is 7.27. The SMILES string of the molecule is Cc1cc(C)n(CCCN(C)C(=O)[C@H]2OCC(=O)N(C)[C@@H]2c2ccccc2C)n1. The van der Waals surface area contributed by atoms with Crippen LogP contribution in [0.2, 0.25) is 0 Å². The molecule has 7 heteroatoms. The Balaban J connectivity index is 1.70. The van der Waals surface area contributed by atoms with Crippen molar-refractivity contribution in [3.8, 4) is 0 Å². The van der Waals surface area contributed by atoms with Gasteiger partial charge in [-0.25, -0.2) is 0 Å². The molecule has 29 heavy (non-hydrogen) atoms. The van der Waals surface area contributed by atoms with E-state index in [1.54, 1.807) is 23.9 Å². The highest BCUT2D eigenvalue weighted by atomic mass is 16.5. The number of carbonyl (C=O) groups is 2. The van der Waals surface area contributed by atoms with Crippen LogP contribution in [-0.2, 0) is 20.9 Å². The summed E-state index contributed by atoms with van der Waals surface area (Å²) in [7, 11) is 3.53. The second kappa shape index (κ2) is 8.78. The molecule has 0 unspecified atom stereocenters. The summed E-state index contributed by atoms with van der Waals surface area (Å²) in [4.78, 5) is 28.8. The fourth-order valence-electron chi connectivity index (χ4n) is 3.90. The minimum atomic E-state index is -0.711. The van der Waals surface area contributed by atoms with Crippen LogP contribution in [0.15, 0.2) is 30.3 Å². The number of hydrogen-bond acceptors (Lipinski definition) is 4. The van der Waals surface area contributed by atoms with Crippen LogP contribution in [0.3, 0.4) is 0 Å². The first-order valence-corrected chi connectivity index (χ1v) is 9.98. The van der Waals surface area contributed by atoms with E-state index in [9.17, 15) is 9.59 Å². The molecule has 0 aliphatic carbocycles. The highest BCUT2D eigenvalue weighted by Crippen LogP contribution is 2.32. The molecule has 0 bridgehead atoms. The van der Waals surface area contributed by atoms with E-state index in [-0.39, 0.29) is 18.4 Å². The topological polar surface area (TPSA) is 67.7 Å². The van der Waals surface area contributed by atoms with Gasteiger partial charge < -0.3 is 14.5 Å². The van der Waals surface area contributed by atoms with Crippen LogP contribution >= 0.6 is 0 Å². The molecular formula is C22H30N4O3. The zero-order valence-corrected chi connectivity index (χ0v) is 17.9. The van der Waals surface area contributed by atoms with Crippen molar-refractivity contribution >= 4 is 11.8 Å². The van der Waals surface area contributed by atoms with E-state index in [0.717, 1.165) is 35.5 Å². The van der Waals surface area contributed by atoms with Crippen molar-refractivity contribution in [3.05, 3.63) is 52.8 Å². The Morgan fingerprint density at radius 3 is 2.66 bits per heavy atom. The maximum atomic E-state index is 13.2. The quantitative estimate of drug-likeness (QED) is 0.749. The molecule has 0 radical (unpaired) electrons. The molecule has 2 amide bonds. The number of ether oxygens (including phenoxy) is 1. The Bertz CT molecular complexity index is 892. The lowest BCUT2D eigenvalue weighted by atomic mass is 9.93. The molecule has 2 aromatic rings. The van der Waals surface area contributed by atoms with Gasteiger partial charge in [0, 0.05) is 32.9 Å². The number of carbonyl (C=O) groups excluding carboxylic acids is 2. The summed E-state index contributed by atoms with van der Waals surface area (Å²) >= 11 is 0. The lowest BCUT2D eigenvalue weighted by molar-refractivity contribution is -0.166. The number of benzene rings is 1. The van der Waals surface area contributed by atoms with Crippen molar-refractivity contribution in [1.82, 2.24) is 19.6 Å². The van der Waals surface area contributed by atoms with E-state index >= 15 is 0 Å². The number of rotatable bonds is 6. The Labute approximate surface area is 172 Å². The lowest BCUT2D eigenvalue weighted by Gasteiger charge is -2.40. The molecule has 0 spiro atoms. The van der Waals surface area contributed by atoms with E-state index in [2.05, 4.69) is 5.10 Å². The predicted octanol–water partition coefficient (Wildman–Crippen LogP) is 2.26. The normalized spacial score (nSPS) is 19.5. The Kier molecular flexibility index (Phi) is 6.37. The highest BCUT2D eigenvalue weighted by Gasteiger charge is 2.41. The molecular weight excluding hydrogens is 368 g/mol.